The van der Waals surface area contributed by atoms with E-state index in [9.17, 15) is 5.11 Å². The lowest BCUT2D eigenvalue weighted by molar-refractivity contribution is -0.0175. The third kappa shape index (κ3) is 2.13. The SMILES string of the molecule is CC1OCCC1(O)CNc1ccccc1N. The first-order valence-electron chi connectivity index (χ1n) is 5.54. The molecule has 0 bridgehead atoms. The maximum atomic E-state index is 10.3. The second kappa shape index (κ2) is 4.31. The van der Waals surface area contributed by atoms with Crippen LogP contribution in [0.25, 0.3) is 0 Å². The molecular weight excluding hydrogens is 204 g/mol. The van der Waals surface area contributed by atoms with Crippen LogP contribution >= 0.6 is 0 Å². The van der Waals surface area contributed by atoms with Gasteiger partial charge >= 0.3 is 0 Å². The van der Waals surface area contributed by atoms with E-state index in [0.29, 0.717) is 25.3 Å². The number of rotatable bonds is 3. The van der Waals surface area contributed by atoms with Crippen LogP contribution < -0.4 is 11.1 Å². The minimum absolute atomic E-state index is 0.134. The molecule has 0 saturated carbocycles. The van der Waals surface area contributed by atoms with E-state index in [-0.39, 0.29) is 6.10 Å². The molecule has 0 radical (unpaired) electrons. The number of hydrogen-bond donors (Lipinski definition) is 3. The van der Waals surface area contributed by atoms with E-state index < -0.39 is 5.60 Å². The van der Waals surface area contributed by atoms with E-state index >= 15 is 0 Å². The molecule has 88 valence electrons. The summed E-state index contributed by atoms with van der Waals surface area (Å²) < 4.78 is 5.37. The van der Waals surface area contributed by atoms with Crippen LogP contribution in [0.15, 0.2) is 24.3 Å². The molecule has 1 fully saturated rings. The monoisotopic (exact) mass is 222 g/mol. The van der Waals surface area contributed by atoms with Crippen LogP contribution in [-0.4, -0.2) is 30.0 Å². The molecule has 2 unspecified atom stereocenters. The molecule has 4 nitrogen and oxygen atoms in total. The number of para-hydroxylation sites is 2. The standard InChI is InChI=1S/C12H18N2O2/c1-9-12(15,6-7-16-9)8-14-11-5-3-2-4-10(11)13/h2-5,9,14-15H,6-8,13H2,1H3. The molecule has 1 aromatic rings. The minimum Gasteiger partial charge on any atom is -0.397 e. The summed E-state index contributed by atoms with van der Waals surface area (Å²) in [5.74, 6) is 0. The molecule has 0 amide bonds. The van der Waals surface area contributed by atoms with Crippen molar-refractivity contribution in [3.05, 3.63) is 24.3 Å². The van der Waals surface area contributed by atoms with Gasteiger partial charge in [0.1, 0.15) is 5.60 Å². The van der Waals surface area contributed by atoms with Gasteiger partial charge in [0.25, 0.3) is 0 Å². The summed E-state index contributed by atoms with van der Waals surface area (Å²) in [7, 11) is 0. The average Bonchev–Trinajstić information content (AvgIpc) is 2.59. The van der Waals surface area contributed by atoms with Crippen molar-refractivity contribution in [2.75, 3.05) is 24.2 Å². The average molecular weight is 222 g/mol. The van der Waals surface area contributed by atoms with Crippen LogP contribution in [-0.2, 0) is 4.74 Å². The lowest BCUT2D eigenvalue weighted by atomic mass is 9.96. The van der Waals surface area contributed by atoms with E-state index in [1.54, 1.807) is 0 Å². The van der Waals surface area contributed by atoms with Crippen LogP contribution in [0.2, 0.25) is 0 Å². The van der Waals surface area contributed by atoms with E-state index in [4.69, 9.17) is 10.5 Å². The summed E-state index contributed by atoms with van der Waals surface area (Å²) in [4.78, 5) is 0. The summed E-state index contributed by atoms with van der Waals surface area (Å²) in [6, 6.07) is 7.54. The van der Waals surface area contributed by atoms with Gasteiger partial charge in [-0.15, -0.1) is 0 Å². The quantitative estimate of drug-likeness (QED) is 0.673. The Hall–Kier alpha value is -1.26. The van der Waals surface area contributed by atoms with Gasteiger partial charge in [-0.3, -0.25) is 0 Å². The fourth-order valence-electron chi connectivity index (χ4n) is 1.91. The molecule has 16 heavy (non-hydrogen) atoms. The zero-order chi connectivity index (χ0) is 11.6. The van der Waals surface area contributed by atoms with E-state index in [1.165, 1.54) is 0 Å². The predicted molar refractivity (Wildman–Crippen MR) is 64.3 cm³/mol. The normalized spacial score (nSPS) is 29.2. The molecule has 4 N–H and O–H groups in total. The van der Waals surface area contributed by atoms with Gasteiger partial charge in [-0.2, -0.15) is 0 Å². The van der Waals surface area contributed by atoms with Gasteiger partial charge in [0.2, 0.25) is 0 Å². The highest BCUT2D eigenvalue weighted by atomic mass is 16.5. The fourth-order valence-corrected chi connectivity index (χ4v) is 1.91. The molecule has 1 aliphatic rings. The maximum Gasteiger partial charge on any atom is 0.110 e. The lowest BCUT2D eigenvalue weighted by Gasteiger charge is -2.27. The Morgan fingerprint density at radius 1 is 1.56 bits per heavy atom. The van der Waals surface area contributed by atoms with Gasteiger partial charge in [0.15, 0.2) is 0 Å². The molecular formula is C12H18N2O2. The fraction of sp³-hybridized carbons (Fsp3) is 0.500. The van der Waals surface area contributed by atoms with Gasteiger partial charge in [0.05, 0.1) is 17.5 Å². The lowest BCUT2D eigenvalue weighted by Crippen LogP contribution is -2.43. The van der Waals surface area contributed by atoms with Crippen molar-refractivity contribution in [2.45, 2.75) is 25.0 Å². The van der Waals surface area contributed by atoms with Crippen molar-refractivity contribution in [1.29, 1.82) is 0 Å². The van der Waals surface area contributed by atoms with Crippen molar-refractivity contribution in [3.8, 4) is 0 Å². The maximum absolute atomic E-state index is 10.3. The van der Waals surface area contributed by atoms with Crippen LogP contribution in [0, 0.1) is 0 Å². The Balaban J connectivity index is 2.00. The van der Waals surface area contributed by atoms with Gasteiger partial charge in [-0.25, -0.2) is 0 Å². The third-order valence-electron chi connectivity index (χ3n) is 3.21. The summed E-state index contributed by atoms with van der Waals surface area (Å²) in [6.45, 7) is 2.97. The smallest absolute Gasteiger partial charge is 0.110 e. The predicted octanol–water partition coefficient (Wildman–Crippen LogP) is 1.22. The van der Waals surface area contributed by atoms with E-state index in [1.807, 2.05) is 31.2 Å². The molecule has 1 aliphatic heterocycles. The van der Waals surface area contributed by atoms with Crippen molar-refractivity contribution < 1.29 is 9.84 Å². The summed E-state index contributed by atoms with van der Waals surface area (Å²) >= 11 is 0. The third-order valence-corrected chi connectivity index (χ3v) is 3.21. The second-order valence-electron chi connectivity index (χ2n) is 4.31. The highest BCUT2D eigenvalue weighted by molar-refractivity contribution is 5.65. The number of ether oxygens (including phenoxy) is 1. The topological polar surface area (TPSA) is 67.5 Å². The zero-order valence-corrected chi connectivity index (χ0v) is 9.44. The van der Waals surface area contributed by atoms with E-state index in [2.05, 4.69) is 5.32 Å². The number of benzene rings is 1. The van der Waals surface area contributed by atoms with Gasteiger partial charge in [-0.1, -0.05) is 12.1 Å². The molecule has 0 aliphatic carbocycles. The number of nitrogen functional groups attached to an aromatic ring is 1. The summed E-state index contributed by atoms with van der Waals surface area (Å²) in [5, 5.41) is 13.5. The molecule has 1 saturated heterocycles. The van der Waals surface area contributed by atoms with Crippen LogP contribution in [0.1, 0.15) is 13.3 Å². The molecule has 0 aromatic heterocycles. The zero-order valence-electron chi connectivity index (χ0n) is 9.44. The summed E-state index contributed by atoms with van der Waals surface area (Å²) in [6.07, 6.45) is 0.526. The highest BCUT2D eigenvalue weighted by Gasteiger charge is 2.39. The van der Waals surface area contributed by atoms with Crippen LogP contribution in [0.3, 0.4) is 0 Å². The largest absolute Gasteiger partial charge is 0.397 e. The van der Waals surface area contributed by atoms with Gasteiger partial charge in [0, 0.05) is 19.6 Å². The number of anilines is 2. The molecule has 1 aromatic carbocycles. The first kappa shape index (κ1) is 11.2. The van der Waals surface area contributed by atoms with Crippen LogP contribution in [0.5, 0.6) is 0 Å². The Morgan fingerprint density at radius 2 is 2.31 bits per heavy atom. The molecule has 1 heterocycles. The molecule has 0 spiro atoms. The van der Waals surface area contributed by atoms with Gasteiger partial charge < -0.3 is 20.9 Å². The van der Waals surface area contributed by atoms with Crippen molar-refractivity contribution >= 4 is 11.4 Å². The highest BCUT2D eigenvalue weighted by Crippen LogP contribution is 2.27. The van der Waals surface area contributed by atoms with Gasteiger partial charge in [-0.05, 0) is 19.1 Å². The second-order valence-corrected chi connectivity index (χ2v) is 4.31. The van der Waals surface area contributed by atoms with Crippen molar-refractivity contribution in [3.63, 3.8) is 0 Å². The number of aliphatic hydroxyl groups is 1. The molecule has 4 heteroatoms. The Labute approximate surface area is 95.4 Å². The first-order valence-corrected chi connectivity index (χ1v) is 5.54. The summed E-state index contributed by atoms with van der Waals surface area (Å²) in [5.41, 5.74) is 6.57. The molecule has 2 rings (SSSR count). The van der Waals surface area contributed by atoms with E-state index in [0.717, 1.165) is 5.69 Å². The Morgan fingerprint density at radius 3 is 2.94 bits per heavy atom. The molecule has 2 atom stereocenters. The Bertz CT molecular complexity index is 370. The first-order chi connectivity index (χ1) is 7.62. The number of nitrogens with one attached hydrogen (secondary N) is 1. The van der Waals surface area contributed by atoms with Crippen molar-refractivity contribution in [1.82, 2.24) is 0 Å². The minimum atomic E-state index is -0.789. The number of hydrogen-bond acceptors (Lipinski definition) is 4. The van der Waals surface area contributed by atoms with Crippen molar-refractivity contribution in [2.24, 2.45) is 0 Å². The number of nitrogens with two attached hydrogens (primary N) is 1. The van der Waals surface area contributed by atoms with Crippen LogP contribution in [0.4, 0.5) is 11.4 Å². The Kier molecular flexibility index (Phi) is 3.03.